The van der Waals surface area contributed by atoms with Crippen molar-refractivity contribution in [3.05, 3.63) is 59.0 Å². The lowest BCUT2D eigenvalue weighted by atomic mass is 10.2. The molecule has 0 aliphatic heterocycles. The van der Waals surface area contributed by atoms with E-state index in [2.05, 4.69) is 15.3 Å². The van der Waals surface area contributed by atoms with Crippen molar-refractivity contribution < 1.29 is 23.1 Å². The fourth-order valence-corrected chi connectivity index (χ4v) is 2.86. The third-order valence-electron chi connectivity index (χ3n) is 4.42. The van der Waals surface area contributed by atoms with Crippen LogP contribution in [0.5, 0.6) is 0 Å². The number of carbonyl (C=O) groups is 1. The minimum Gasteiger partial charge on any atom is -0.475 e. The maximum atomic E-state index is 10.6. The molecular formula is C20H19ClF3N5O2. The first-order valence-corrected chi connectivity index (χ1v) is 9.67. The van der Waals surface area contributed by atoms with Crippen LogP contribution in [0.1, 0.15) is 30.0 Å². The molecule has 1 fully saturated rings. The zero-order valence-corrected chi connectivity index (χ0v) is 17.2. The van der Waals surface area contributed by atoms with Crippen LogP contribution in [0.25, 0.3) is 11.6 Å². The van der Waals surface area contributed by atoms with Crippen molar-refractivity contribution in [2.45, 2.75) is 31.5 Å². The summed E-state index contributed by atoms with van der Waals surface area (Å²) >= 11 is 6.23. The summed E-state index contributed by atoms with van der Waals surface area (Å²) in [6.07, 6.45) is 0.973. The van der Waals surface area contributed by atoms with Gasteiger partial charge in [-0.2, -0.15) is 13.2 Å². The number of nitrogens with zero attached hydrogens (tertiary/aromatic N) is 4. The monoisotopic (exact) mass is 453 g/mol. The van der Waals surface area contributed by atoms with Gasteiger partial charge in [0.2, 0.25) is 0 Å². The number of nitrogens with one attached hydrogen (secondary N) is 1. The number of aliphatic carboxylic acids is 1. The van der Waals surface area contributed by atoms with Gasteiger partial charge in [-0.05, 0) is 24.5 Å². The fraction of sp³-hybridized carbons (Fsp3) is 0.300. The van der Waals surface area contributed by atoms with E-state index in [0.717, 1.165) is 27.9 Å². The predicted octanol–water partition coefficient (Wildman–Crippen LogP) is 4.65. The number of hydrogen-bond acceptors (Lipinski definition) is 5. The van der Waals surface area contributed by atoms with Crippen LogP contribution >= 0.6 is 11.6 Å². The Hall–Kier alpha value is -3.14. The van der Waals surface area contributed by atoms with E-state index < -0.39 is 12.1 Å². The molecule has 1 aliphatic rings. The maximum absolute atomic E-state index is 10.6. The summed E-state index contributed by atoms with van der Waals surface area (Å²) in [5.41, 5.74) is 2.13. The smallest absolute Gasteiger partial charge is 0.475 e. The van der Waals surface area contributed by atoms with Gasteiger partial charge in [0.15, 0.2) is 11.6 Å². The van der Waals surface area contributed by atoms with Crippen molar-refractivity contribution in [1.82, 2.24) is 19.5 Å². The van der Waals surface area contributed by atoms with Crippen LogP contribution in [0.4, 0.5) is 19.0 Å². The summed E-state index contributed by atoms with van der Waals surface area (Å²) in [6, 6.07) is 9.87. The molecule has 0 atom stereocenters. The second kappa shape index (κ2) is 9.34. The number of anilines is 1. The van der Waals surface area contributed by atoms with Crippen LogP contribution in [0.2, 0.25) is 5.02 Å². The minimum absolute atomic E-state index is 0.549. The number of halogens is 4. The van der Waals surface area contributed by atoms with E-state index in [1.54, 1.807) is 6.20 Å². The Balaban J connectivity index is 0.000000339. The van der Waals surface area contributed by atoms with E-state index in [9.17, 15) is 13.2 Å². The molecule has 1 aromatic carbocycles. The summed E-state index contributed by atoms with van der Waals surface area (Å²) in [6.45, 7) is 0.626. The fourth-order valence-electron chi connectivity index (χ4n) is 2.65. The molecule has 31 heavy (non-hydrogen) atoms. The molecule has 1 aliphatic carbocycles. The second-order valence-corrected chi connectivity index (χ2v) is 7.29. The zero-order valence-electron chi connectivity index (χ0n) is 16.4. The van der Waals surface area contributed by atoms with E-state index in [0.29, 0.717) is 18.3 Å². The average molecular weight is 454 g/mol. The van der Waals surface area contributed by atoms with Gasteiger partial charge in [0, 0.05) is 48.7 Å². The van der Waals surface area contributed by atoms with Gasteiger partial charge in [-0.1, -0.05) is 29.8 Å². The Bertz CT molecular complexity index is 1070. The van der Waals surface area contributed by atoms with Crippen LogP contribution in [-0.4, -0.2) is 36.8 Å². The quantitative estimate of drug-likeness (QED) is 0.584. The number of carboxylic acids is 1. The number of alkyl halides is 3. The lowest BCUT2D eigenvalue weighted by Crippen LogP contribution is -2.21. The Labute approximate surface area is 180 Å². The van der Waals surface area contributed by atoms with Crippen molar-refractivity contribution in [3.8, 4) is 11.6 Å². The number of aryl methyl sites for hydroxylation is 1. The van der Waals surface area contributed by atoms with Gasteiger partial charge in [0.25, 0.3) is 0 Å². The number of imidazole rings is 1. The predicted molar refractivity (Wildman–Crippen MR) is 109 cm³/mol. The van der Waals surface area contributed by atoms with E-state index in [4.69, 9.17) is 26.5 Å². The summed E-state index contributed by atoms with van der Waals surface area (Å²) in [5, 5.41) is 11.3. The number of benzene rings is 1. The number of aromatic nitrogens is 4. The molecular weight excluding hydrogens is 435 g/mol. The Morgan fingerprint density at radius 3 is 2.52 bits per heavy atom. The third kappa shape index (κ3) is 6.17. The number of hydrogen-bond donors (Lipinski definition) is 2. The highest BCUT2D eigenvalue weighted by molar-refractivity contribution is 6.31. The second-order valence-electron chi connectivity index (χ2n) is 6.89. The molecule has 0 radical (unpaired) electrons. The zero-order chi connectivity index (χ0) is 22.6. The molecule has 3 aromatic rings. The van der Waals surface area contributed by atoms with Crippen LogP contribution in [-0.2, 0) is 18.4 Å². The van der Waals surface area contributed by atoms with Crippen LogP contribution in [0, 0.1) is 0 Å². The first-order chi connectivity index (χ1) is 14.6. The van der Waals surface area contributed by atoms with Crippen LogP contribution in [0.3, 0.4) is 0 Å². The van der Waals surface area contributed by atoms with Gasteiger partial charge in [0.1, 0.15) is 5.82 Å². The van der Waals surface area contributed by atoms with Crippen molar-refractivity contribution >= 4 is 23.4 Å². The molecule has 0 saturated heterocycles. The molecule has 11 heteroatoms. The standard InChI is InChI=1S/C18H18ClN5.C2HF3O2/c1-24-9-8-20-18(24)17-22-15(12-6-7-12)10-16(23-17)21-11-13-4-2-3-5-14(13)19;3-2(4,5)1(6)7/h2-5,8-10,12H,6-7,11H2,1H3,(H,21,22,23);(H,6,7). The Morgan fingerprint density at radius 1 is 1.29 bits per heavy atom. The lowest BCUT2D eigenvalue weighted by Gasteiger charge is -2.10. The van der Waals surface area contributed by atoms with E-state index in [1.165, 1.54) is 12.8 Å². The average Bonchev–Trinajstić information content (AvgIpc) is 3.48. The first kappa shape index (κ1) is 22.5. The Kier molecular flexibility index (Phi) is 6.79. The van der Waals surface area contributed by atoms with E-state index >= 15 is 0 Å². The number of rotatable bonds is 5. The maximum Gasteiger partial charge on any atom is 0.490 e. The number of carboxylic acid groups (broad SMARTS) is 1. The molecule has 0 spiro atoms. The summed E-state index contributed by atoms with van der Waals surface area (Å²) < 4.78 is 33.7. The van der Waals surface area contributed by atoms with Crippen molar-refractivity contribution in [2.75, 3.05) is 5.32 Å². The molecule has 2 heterocycles. The first-order valence-electron chi connectivity index (χ1n) is 9.29. The lowest BCUT2D eigenvalue weighted by molar-refractivity contribution is -0.192. The molecule has 0 amide bonds. The van der Waals surface area contributed by atoms with Gasteiger partial charge in [-0.15, -0.1) is 0 Å². The van der Waals surface area contributed by atoms with E-state index in [1.807, 2.05) is 48.1 Å². The third-order valence-corrected chi connectivity index (χ3v) is 4.79. The SMILES string of the molecule is Cn1ccnc1-c1nc(NCc2ccccc2Cl)cc(C2CC2)n1.O=C(O)C(F)(F)F. The van der Waals surface area contributed by atoms with Crippen molar-refractivity contribution in [2.24, 2.45) is 7.05 Å². The molecule has 164 valence electrons. The molecule has 2 N–H and O–H groups in total. The molecule has 0 bridgehead atoms. The van der Waals surface area contributed by atoms with Gasteiger partial charge in [-0.3, -0.25) is 0 Å². The van der Waals surface area contributed by atoms with Crippen molar-refractivity contribution in [3.63, 3.8) is 0 Å². The topological polar surface area (TPSA) is 92.9 Å². The summed E-state index contributed by atoms with van der Waals surface area (Å²) in [7, 11) is 1.95. The highest BCUT2D eigenvalue weighted by atomic mass is 35.5. The van der Waals surface area contributed by atoms with Gasteiger partial charge < -0.3 is 15.0 Å². The molecule has 0 unspecified atom stereocenters. The molecule has 2 aromatic heterocycles. The molecule has 7 nitrogen and oxygen atoms in total. The largest absolute Gasteiger partial charge is 0.490 e. The van der Waals surface area contributed by atoms with E-state index in [-0.39, 0.29) is 0 Å². The highest BCUT2D eigenvalue weighted by Gasteiger charge is 2.38. The van der Waals surface area contributed by atoms with Gasteiger partial charge >= 0.3 is 12.1 Å². The van der Waals surface area contributed by atoms with Crippen molar-refractivity contribution in [1.29, 1.82) is 0 Å². The van der Waals surface area contributed by atoms with Crippen LogP contribution in [0.15, 0.2) is 42.7 Å². The highest BCUT2D eigenvalue weighted by Crippen LogP contribution is 2.40. The molecule has 1 saturated carbocycles. The normalized spacial score (nSPS) is 13.3. The van der Waals surface area contributed by atoms with Crippen LogP contribution < -0.4 is 5.32 Å². The minimum atomic E-state index is -5.08. The summed E-state index contributed by atoms with van der Waals surface area (Å²) in [4.78, 5) is 22.6. The Morgan fingerprint density at radius 2 is 1.97 bits per heavy atom. The summed E-state index contributed by atoms with van der Waals surface area (Å²) in [5.74, 6) is 0.0389. The molecule has 4 rings (SSSR count). The van der Waals surface area contributed by atoms with Gasteiger partial charge in [0.05, 0.1) is 0 Å². The van der Waals surface area contributed by atoms with Gasteiger partial charge in [-0.25, -0.2) is 19.7 Å².